The fourth-order valence-electron chi connectivity index (χ4n) is 3.49. The number of nitrogens with zero attached hydrogens (tertiary/aromatic N) is 1. The van der Waals surface area contributed by atoms with E-state index in [9.17, 15) is 9.59 Å². The standard InChI is InChI=1S/C21H19N3O2S/c1-12-5-3-4-6-16(12)23-20(26)19-13(2)18-15(14-7-9-22-10-8-14)11-17(25)24-21(18)27-19/h3-10,15H,11H2,1-2H3,(H,23,26)(H,24,25)/t15-/m0/s1. The SMILES string of the molecule is Cc1ccccc1NC(=O)c1sc2c(c1C)[C@H](c1ccncc1)CC(=O)N2. The molecule has 1 aliphatic rings. The second kappa shape index (κ2) is 6.96. The Labute approximate surface area is 161 Å². The number of hydrogen-bond donors (Lipinski definition) is 2. The summed E-state index contributed by atoms with van der Waals surface area (Å²) in [5.74, 6) is -0.242. The molecule has 1 atom stereocenters. The number of para-hydroxylation sites is 1. The highest BCUT2D eigenvalue weighted by Crippen LogP contribution is 2.45. The summed E-state index contributed by atoms with van der Waals surface area (Å²) in [5.41, 5.74) is 4.78. The molecule has 3 aromatic rings. The van der Waals surface area contributed by atoms with Crippen LogP contribution in [-0.2, 0) is 4.79 Å². The highest BCUT2D eigenvalue weighted by atomic mass is 32.1. The summed E-state index contributed by atoms with van der Waals surface area (Å²) in [6.45, 7) is 3.91. The lowest BCUT2D eigenvalue weighted by Gasteiger charge is -2.24. The average molecular weight is 377 g/mol. The molecule has 0 unspecified atom stereocenters. The zero-order valence-electron chi connectivity index (χ0n) is 15.1. The van der Waals surface area contributed by atoms with Gasteiger partial charge in [-0.1, -0.05) is 18.2 Å². The third-order valence-corrected chi connectivity index (χ3v) is 6.11. The summed E-state index contributed by atoms with van der Waals surface area (Å²) in [7, 11) is 0. The lowest BCUT2D eigenvalue weighted by atomic mass is 9.85. The zero-order valence-corrected chi connectivity index (χ0v) is 15.9. The van der Waals surface area contributed by atoms with E-state index in [-0.39, 0.29) is 17.7 Å². The maximum atomic E-state index is 12.9. The summed E-state index contributed by atoms with van der Waals surface area (Å²) in [5, 5.41) is 6.69. The molecule has 1 aromatic carbocycles. The van der Waals surface area contributed by atoms with Crippen molar-refractivity contribution in [2.75, 3.05) is 10.6 Å². The van der Waals surface area contributed by atoms with Gasteiger partial charge < -0.3 is 10.6 Å². The van der Waals surface area contributed by atoms with Gasteiger partial charge in [-0.3, -0.25) is 14.6 Å². The molecule has 0 saturated heterocycles. The Morgan fingerprint density at radius 3 is 2.67 bits per heavy atom. The largest absolute Gasteiger partial charge is 0.321 e. The van der Waals surface area contributed by atoms with Gasteiger partial charge >= 0.3 is 0 Å². The van der Waals surface area contributed by atoms with E-state index in [4.69, 9.17) is 0 Å². The number of fused-ring (bicyclic) bond motifs is 1. The minimum Gasteiger partial charge on any atom is -0.321 e. The number of anilines is 2. The molecule has 2 aromatic heterocycles. The number of pyridine rings is 1. The molecular weight excluding hydrogens is 358 g/mol. The van der Waals surface area contributed by atoms with Crippen molar-refractivity contribution in [3.8, 4) is 0 Å². The second-order valence-corrected chi connectivity index (χ2v) is 7.67. The van der Waals surface area contributed by atoms with Crippen LogP contribution in [0.2, 0.25) is 0 Å². The van der Waals surface area contributed by atoms with Gasteiger partial charge in [-0.05, 0) is 54.3 Å². The van der Waals surface area contributed by atoms with E-state index in [2.05, 4.69) is 15.6 Å². The van der Waals surface area contributed by atoms with Crippen LogP contribution < -0.4 is 10.6 Å². The zero-order chi connectivity index (χ0) is 19.0. The van der Waals surface area contributed by atoms with Crippen LogP contribution in [0.4, 0.5) is 10.7 Å². The molecule has 0 aliphatic carbocycles. The summed E-state index contributed by atoms with van der Waals surface area (Å²) in [6.07, 6.45) is 3.83. The van der Waals surface area contributed by atoms with Gasteiger partial charge in [0.05, 0.1) is 9.88 Å². The molecule has 0 bridgehead atoms. The van der Waals surface area contributed by atoms with Gasteiger partial charge in [0.25, 0.3) is 5.91 Å². The van der Waals surface area contributed by atoms with Crippen LogP contribution in [0.1, 0.15) is 44.3 Å². The number of hydrogen-bond acceptors (Lipinski definition) is 4. The molecule has 136 valence electrons. The van der Waals surface area contributed by atoms with Crippen LogP contribution in [-0.4, -0.2) is 16.8 Å². The van der Waals surface area contributed by atoms with Crippen molar-refractivity contribution in [3.63, 3.8) is 0 Å². The van der Waals surface area contributed by atoms with Crippen LogP contribution in [0, 0.1) is 13.8 Å². The van der Waals surface area contributed by atoms with Gasteiger partial charge in [-0.15, -0.1) is 11.3 Å². The molecule has 4 rings (SSSR count). The van der Waals surface area contributed by atoms with Crippen LogP contribution in [0.15, 0.2) is 48.8 Å². The minimum absolute atomic E-state index is 0.0311. The maximum Gasteiger partial charge on any atom is 0.266 e. The van der Waals surface area contributed by atoms with Crippen molar-refractivity contribution in [2.24, 2.45) is 0 Å². The maximum absolute atomic E-state index is 12.9. The number of rotatable bonds is 3. The van der Waals surface area contributed by atoms with Gasteiger partial charge in [-0.2, -0.15) is 0 Å². The molecule has 0 saturated carbocycles. The third-order valence-electron chi connectivity index (χ3n) is 4.89. The Kier molecular flexibility index (Phi) is 4.49. The number of carbonyl (C=O) groups is 2. The molecule has 2 amide bonds. The molecule has 27 heavy (non-hydrogen) atoms. The van der Waals surface area contributed by atoms with E-state index < -0.39 is 0 Å². The van der Waals surface area contributed by atoms with E-state index in [0.29, 0.717) is 11.3 Å². The highest BCUT2D eigenvalue weighted by Gasteiger charge is 2.32. The molecule has 1 aliphatic heterocycles. The summed E-state index contributed by atoms with van der Waals surface area (Å²) < 4.78 is 0. The lowest BCUT2D eigenvalue weighted by Crippen LogP contribution is -2.22. The van der Waals surface area contributed by atoms with E-state index in [1.165, 1.54) is 11.3 Å². The number of benzene rings is 1. The Bertz CT molecular complexity index is 1030. The quantitative estimate of drug-likeness (QED) is 0.707. The van der Waals surface area contributed by atoms with Crippen molar-refractivity contribution in [2.45, 2.75) is 26.2 Å². The predicted molar refractivity (Wildman–Crippen MR) is 108 cm³/mol. The average Bonchev–Trinajstić information content (AvgIpc) is 3.00. The van der Waals surface area contributed by atoms with Crippen LogP contribution in [0.25, 0.3) is 0 Å². The number of aromatic nitrogens is 1. The van der Waals surface area contributed by atoms with E-state index in [0.717, 1.165) is 32.9 Å². The molecule has 2 N–H and O–H groups in total. The van der Waals surface area contributed by atoms with Gasteiger partial charge in [-0.25, -0.2) is 0 Å². The smallest absolute Gasteiger partial charge is 0.266 e. The number of nitrogens with one attached hydrogen (secondary N) is 2. The molecular formula is C21H19N3O2S. The van der Waals surface area contributed by atoms with Gasteiger partial charge in [0.1, 0.15) is 0 Å². The fraction of sp³-hybridized carbons (Fsp3) is 0.190. The van der Waals surface area contributed by atoms with Crippen molar-refractivity contribution in [1.29, 1.82) is 0 Å². The first-order valence-corrected chi connectivity index (χ1v) is 9.56. The normalized spacial score (nSPS) is 15.8. The second-order valence-electron chi connectivity index (χ2n) is 6.65. The predicted octanol–water partition coefficient (Wildman–Crippen LogP) is 4.49. The topological polar surface area (TPSA) is 71.1 Å². The lowest BCUT2D eigenvalue weighted by molar-refractivity contribution is -0.116. The third kappa shape index (κ3) is 3.24. The van der Waals surface area contributed by atoms with Gasteiger partial charge in [0.15, 0.2) is 0 Å². The molecule has 0 fully saturated rings. The minimum atomic E-state index is -0.149. The highest BCUT2D eigenvalue weighted by molar-refractivity contribution is 7.18. The number of thiophene rings is 1. The van der Waals surface area contributed by atoms with Crippen molar-refractivity contribution in [3.05, 3.63) is 75.9 Å². The summed E-state index contributed by atoms with van der Waals surface area (Å²) >= 11 is 1.34. The first kappa shape index (κ1) is 17.4. The molecule has 0 radical (unpaired) electrons. The van der Waals surface area contributed by atoms with Gasteiger partial charge in [0.2, 0.25) is 5.91 Å². The monoisotopic (exact) mass is 377 g/mol. The van der Waals surface area contributed by atoms with Crippen molar-refractivity contribution < 1.29 is 9.59 Å². The fourth-order valence-corrected chi connectivity index (χ4v) is 4.67. The Balaban J connectivity index is 1.72. The molecule has 3 heterocycles. The summed E-state index contributed by atoms with van der Waals surface area (Å²) in [6, 6.07) is 11.5. The molecule has 0 spiro atoms. The Morgan fingerprint density at radius 2 is 1.93 bits per heavy atom. The number of amides is 2. The van der Waals surface area contributed by atoms with Crippen LogP contribution in [0.3, 0.4) is 0 Å². The number of carbonyl (C=O) groups excluding carboxylic acids is 2. The van der Waals surface area contributed by atoms with Crippen LogP contribution in [0.5, 0.6) is 0 Å². The van der Waals surface area contributed by atoms with Gasteiger partial charge in [0, 0.05) is 30.4 Å². The van der Waals surface area contributed by atoms with Crippen molar-refractivity contribution >= 4 is 33.8 Å². The first-order valence-electron chi connectivity index (χ1n) is 8.74. The summed E-state index contributed by atoms with van der Waals surface area (Å²) in [4.78, 5) is 29.8. The Hall–Kier alpha value is -2.99. The first-order chi connectivity index (χ1) is 13.0. The molecule has 6 heteroatoms. The number of aryl methyl sites for hydroxylation is 1. The van der Waals surface area contributed by atoms with E-state index >= 15 is 0 Å². The van der Waals surface area contributed by atoms with E-state index in [1.807, 2.05) is 50.2 Å². The molecule has 5 nitrogen and oxygen atoms in total. The Morgan fingerprint density at radius 1 is 1.19 bits per heavy atom. The van der Waals surface area contributed by atoms with E-state index in [1.54, 1.807) is 12.4 Å². The van der Waals surface area contributed by atoms with Crippen LogP contribution >= 0.6 is 11.3 Å². The van der Waals surface area contributed by atoms with Crippen molar-refractivity contribution in [1.82, 2.24) is 4.98 Å².